The Morgan fingerprint density at radius 1 is 1.57 bits per heavy atom. The van der Waals surface area contributed by atoms with Crippen LogP contribution in [0.4, 0.5) is 4.39 Å². The predicted octanol–water partition coefficient (Wildman–Crippen LogP) is 2.09. The number of benzene rings is 1. The van der Waals surface area contributed by atoms with Gasteiger partial charge < -0.3 is 11.1 Å². The first-order valence-electron chi connectivity index (χ1n) is 4.57. The van der Waals surface area contributed by atoms with Crippen LogP contribution in [0.15, 0.2) is 18.2 Å². The molecule has 0 fully saturated rings. The zero-order valence-electron chi connectivity index (χ0n) is 8.06. The highest BCUT2D eigenvalue weighted by atomic mass is 35.5. The van der Waals surface area contributed by atoms with Crippen molar-refractivity contribution >= 4 is 11.6 Å². The molecule has 1 aromatic rings. The minimum atomic E-state index is -0.328. The van der Waals surface area contributed by atoms with E-state index < -0.39 is 0 Å². The Hall–Kier alpha value is -0.640. The van der Waals surface area contributed by atoms with Gasteiger partial charge in [0.15, 0.2) is 0 Å². The Balaban J connectivity index is 2.92. The molecule has 0 amide bonds. The SMILES string of the molecule is CCNC(CN)c1ccc(F)cc1Cl. The molecule has 0 bridgehead atoms. The standard InChI is InChI=1S/C10H14ClFN2/c1-2-14-10(6-13)8-4-3-7(12)5-9(8)11/h3-5,10,14H,2,6,13H2,1H3. The van der Waals surface area contributed by atoms with Crippen LogP contribution in [0.3, 0.4) is 0 Å². The monoisotopic (exact) mass is 216 g/mol. The highest BCUT2D eigenvalue weighted by molar-refractivity contribution is 6.31. The van der Waals surface area contributed by atoms with Gasteiger partial charge in [-0.3, -0.25) is 0 Å². The quantitative estimate of drug-likeness (QED) is 0.809. The Morgan fingerprint density at radius 2 is 2.29 bits per heavy atom. The Morgan fingerprint density at radius 3 is 2.79 bits per heavy atom. The van der Waals surface area contributed by atoms with Crippen LogP contribution in [0.1, 0.15) is 18.5 Å². The molecular weight excluding hydrogens is 203 g/mol. The molecule has 1 unspecified atom stereocenters. The van der Waals surface area contributed by atoms with Gasteiger partial charge in [-0.1, -0.05) is 24.6 Å². The number of likely N-dealkylation sites (N-methyl/N-ethyl adjacent to an activating group) is 1. The highest BCUT2D eigenvalue weighted by Crippen LogP contribution is 2.23. The fourth-order valence-corrected chi connectivity index (χ4v) is 1.65. The molecule has 0 aliphatic carbocycles. The lowest BCUT2D eigenvalue weighted by atomic mass is 10.1. The first-order chi connectivity index (χ1) is 6.69. The van der Waals surface area contributed by atoms with E-state index >= 15 is 0 Å². The summed E-state index contributed by atoms with van der Waals surface area (Å²) in [5.41, 5.74) is 6.43. The average Bonchev–Trinajstić information content (AvgIpc) is 2.15. The molecule has 2 nitrogen and oxygen atoms in total. The predicted molar refractivity (Wildman–Crippen MR) is 56.9 cm³/mol. The molecule has 0 saturated heterocycles. The lowest BCUT2D eigenvalue weighted by molar-refractivity contribution is 0.559. The third-order valence-electron chi connectivity index (χ3n) is 2.02. The van der Waals surface area contributed by atoms with Gasteiger partial charge in [-0.15, -0.1) is 0 Å². The van der Waals surface area contributed by atoms with E-state index in [0.29, 0.717) is 11.6 Å². The number of hydrogen-bond donors (Lipinski definition) is 2. The molecule has 0 saturated carbocycles. The summed E-state index contributed by atoms with van der Waals surface area (Å²) in [7, 11) is 0. The molecule has 14 heavy (non-hydrogen) atoms. The molecule has 1 atom stereocenters. The molecule has 3 N–H and O–H groups in total. The highest BCUT2D eigenvalue weighted by Gasteiger charge is 2.11. The van der Waals surface area contributed by atoms with Crippen LogP contribution in [0.2, 0.25) is 5.02 Å². The van der Waals surface area contributed by atoms with Crippen LogP contribution in [-0.2, 0) is 0 Å². The van der Waals surface area contributed by atoms with Crippen LogP contribution < -0.4 is 11.1 Å². The third-order valence-corrected chi connectivity index (χ3v) is 2.35. The van der Waals surface area contributed by atoms with E-state index in [-0.39, 0.29) is 11.9 Å². The third kappa shape index (κ3) is 2.67. The van der Waals surface area contributed by atoms with Gasteiger partial charge in [-0.05, 0) is 24.2 Å². The number of rotatable bonds is 4. The largest absolute Gasteiger partial charge is 0.329 e. The maximum atomic E-state index is 12.8. The number of nitrogens with two attached hydrogens (primary N) is 1. The van der Waals surface area contributed by atoms with Crippen LogP contribution in [0.25, 0.3) is 0 Å². The van der Waals surface area contributed by atoms with Crippen LogP contribution in [0, 0.1) is 5.82 Å². The molecular formula is C10H14ClFN2. The van der Waals surface area contributed by atoms with Gasteiger partial charge in [-0.25, -0.2) is 4.39 Å². The van der Waals surface area contributed by atoms with E-state index in [0.717, 1.165) is 12.1 Å². The zero-order valence-corrected chi connectivity index (χ0v) is 8.81. The van der Waals surface area contributed by atoms with E-state index in [4.69, 9.17) is 17.3 Å². The van der Waals surface area contributed by atoms with E-state index in [9.17, 15) is 4.39 Å². The van der Waals surface area contributed by atoms with Gasteiger partial charge in [0.25, 0.3) is 0 Å². The van der Waals surface area contributed by atoms with E-state index in [1.165, 1.54) is 12.1 Å². The number of hydrogen-bond acceptors (Lipinski definition) is 2. The molecule has 1 rings (SSSR count). The Bertz CT molecular complexity index is 304. The number of nitrogens with one attached hydrogen (secondary N) is 1. The second kappa shape index (κ2) is 5.29. The summed E-state index contributed by atoms with van der Waals surface area (Å²) in [4.78, 5) is 0. The topological polar surface area (TPSA) is 38.0 Å². The van der Waals surface area contributed by atoms with Crippen molar-refractivity contribution in [2.75, 3.05) is 13.1 Å². The van der Waals surface area contributed by atoms with E-state index in [2.05, 4.69) is 5.32 Å². The molecule has 0 aliphatic rings. The molecule has 0 radical (unpaired) electrons. The Labute approximate surface area is 88.2 Å². The summed E-state index contributed by atoms with van der Waals surface area (Å²) in [6.07, 6.45) is 0. The maximum Gasteiger partial charge on any atom is 0.124 e. The molecule has 1 aromatic carbocycles. The normalized spacial score (nSPS) is 12.9. The van der Waals surface area contributed by atoms with Gasteiger partial charge in [-0.2, -0.15) is 0 Å². The van der Waals surface area contributed by atoms with Crippen molar-refractivity contribution in [1.82, 2.24) is 5.32 Å². The maximum absolute atomic E-state index is 12.8. The summed E-state index contributed by atoms with van der Waals surface area (Å²) in [5.74, 6) is -0.328. The van der Waals surface area contributed by atoms with Gasteiger partial charge in [0.2, 0.25) is 0 Å². The van der Waals surface area contributed by atoms with Gasteiger partial charge in [0.1, 0.15) is 5.82 Å². The summed E-state index contributed by atoms with van der Waals surface area (Å²) in [5, 5.41) is 3.59. The molecule has 78 valence electrons. The summed E-state index contributed by atoms with van der Waals surface area (Å²) in [6.45, 7) is 3.23. The van der Waals surface area contributed by atoms with Crippen LogP contribution >= 0.6 is 11.6 Å². The van der Waals surface area contributed by atoms with Crippen molar-refractivity contribution < 1.29 is 4.39 Å². The molecule has 4 heteroatoms. The van der Waals surface area contributed by atoms with Crippen molar-refractivity contribution in [3.05, 3.63) is 34.6 Å². The van der Waals surface area contributed by atoms with Crippen molar-refractivity contribution in [3.63, 3.8) is 0 Å². The van der Waals surface area contributed by atoms with Crippen molar-refractivity contribution in [2.24, 2.45) is 5.73 Å². The minimum Gasteiger partial charge on any atom is -0.329 e. The first-order valence-corrected chi connectivity index (χ1v) is 4.95. The fourth-order valence-electron chi connectivity index (χ4n) is 1.35. The molecule has 0 heterocycles. The summed E-state index contributed by atoms with van der Waals surface area (Å²) >= 11 is 5.90. The second-order valence-corrected chi connectivity index (χ2v) is 3.42. The second-order valence-electron chi connectivity index (χ2n) is 3.01. The minimum absolute atomic E-state index is 0.00639. The van der Waals surface area contributed by atoms with Crippen molar-refractivity contribution in [1.29, 1.82) is 0 Å². The van der Waals surface area contributed by atoms with Crippen LogP contribution in [-0.4, -0.2) is 13.1 Å². The molecule has 0 aromatic heterocycles. The Kier molecular flexibility index (Phi) is 4.32. The van der Waals surface area contributed by atoms with E-state index in [1.807, 2.05) is 6.92 Å². The van der Waals surface area contributed by atoms with Crippen molar-refractivity contribution in [2.45, 2.75) is 13.0 Å². The van der Waals surface area contributed by atoms with Gasteiger partial charge in [0, 0.05) is 17.6 Å². The smallest absolute Gasteiger partial charge is 0.124 e. The van der Waals surface area contributed by atoms with Gasteiger partial charge in [0.05, 0.1) is 0 Å². The first kappa shape index (κ1) is 11.4. The van der Waals surface area contributed by atoms with Crippen molar-refractivity contribution in [3.8, 4) is 0 Å². The van der Waals surface area contributed by atoms with Gasteiger partial charge >= 0.3 is 0 Å². The lowest BCUT2D eigenvalue weighted by Gasteiger charge is -2.17. The molecule has 0 aliphatic heterocycles. The summed E-state index contributed by atoms with van der Waals surface area (Å²) < 4.78 is 12.8. The zero-order chi connectivity index (χ0) is 10.6. The van der Waals surface area contributed by atoms with Crippen LogP contribution in [0.5, 0.6) is 0 Å². The summed E-state index contributed by atoms with van der Waals surface area (Å²) in [6, 6.07) is 4.35. The number of halogens is 2. The fraction of sp³-hybridized carbons (Fsp3) is 0.400. The average molecular weight is 217 g/mol. The lowest BCUT2D eigenvalue weighted by Crippen LogP contribution is -2.28. The van der Waals surface area contributed by atoms with E-state index in [1.54, 1.807) is 6.07 Å². The molecule has 0 spiro atoms.